The first-order chi connectivity index (χ1) is 13.8. The van der Waals surface area contributed by atoms with Crippen LogP contribution in [0.5, 0.6) is 0 Å². The number of ether oxygens (including phenoxy) is 1. The van der Waals surface area contributed by atoms with Crippen molar-refractivity contribution in [1.82, 2.24) is 5.32 Å². The smallest absolute Gasteiger partial charge is 0.294 e. The van der Waals surface area contributed by atoms with Crippen molar-refractivity contribution in [3.8, 4) is 0 Å². The molecule has 2 aromatic carbocycles. The summed E-state index contributed by atoms with van der Waals surface area (Å²) in [5.74, 6) is -0.492. The molecule has 0 unspecified atom stereocenters. The van der Waals surface area contributed by atoms with E-state index >= 15 is 0 Å². The first kappa shape index (κ1) is 21.4. The predicted octanol–water partition coefficient (Wildman–Crippen LogP) is 3.97. The van der Waals surface area contributed by atoms with Crippen LogP contribution in [0, 0.1) is 10.1 Å². The molecular formula is C18H16BrClN4O4S. The minimum atomic E-state index is -0.492. The van der Waals surface area contributed by atoms with Gasteiger partial charge in [-0.25, -0.2) is 0 Å². The number of nitro groups is 1. The summed E-state index contributed by atoms with van der Waals surface area (Å²) in [4.78, 5) is 25.4. The summed E-state index contributed by atoms with van der Waals surface area (Å²) in [5, 5.41) is 17.1. The van der Waals surface area contributed by atoms with Gasteiger partial charge in [0.2, 0.25) is 0 Å². The number of thiocarbonyl (C=S) groups is 1. The van der Waals surface area contributed by atoms with E-state index in [1.165, 1.54) is 6.07 Å². The number of morpholine rings is 1. The molecule has 0 bridgehead atoms. The molecule has 0 aliphatic carbocycles. The molecule has 0 saturated carbocycles. The molecule has 3 rings (SSSR count). The lowest BCUT2D eigenvalue weighted by atomic mass is 10.2. The average molecular weight is 500 g/mol. The summed E-state index contributed by atoms with van der Waals surface area (Å²) in [5.41, 5.74) is 1.10. The Labute approximate surface area is 185 Å². The van der Waals surface area contributed by atoms with Crippen molar-refractivity contribution >= 4 is 67.8 Å². The number of nitro benzene ring substituents is 1. The number of amides is 1. The van der Waals surface area contributed by atoms with E-state index in [9.17, 15) is 14.9 Å². The van der Waals surface area contributed by atoms with Crippen LogP contribution in [0.15, 0.2) is 40.9 Å². The van der Waals surface area contributed by atoms with Crippen LogP contribution in [0.3, 0.4) is 0 Å². The van der Waals surface area contributed by atoms with Crippen LogP contribution in [0.25, 0.3) is 0 Å². The Morgan fingerprint density at radius 3 is 2.66 bits per heavy atom. The highest BCUT2D eigenvalue weighted by atomic mass is 79.9. The summed E-state index contributed by atoms with van der Waals surface area (Å²) in [7, 11) is 0. The number of carbonyl (C=O) groups excluding carboxylic acids is 1. The molecule has 0 spiro atoms. The second-order valence-corrected chi connectivity index (χ2v) is 7.82. The lowest BCUT2D eigenvalue weighted by Crippen LogP contribution is -2.36. The molecule has 0 aromatic heterocycles. The second kappa shape index (κ2) is 9.49. The maximum Gasteiger partial charge on any atom is 0.294 e. The minimum absolute atomic E-state index is 0.000498. The molecule has 29 heavy (non-hydrogen) atoms. The van der Waals surface area contributed by atoms with Crippen molar-refractivity contribution in [2.24, 2.45) is 0 Å². The van der Waals surface area contributed by atoms with Crippen molar-refractivity contribution < 1.29 is 14.5 Å². The van der Waals surface area contributed by atoms with Crippen LogP contribution in [0.4, 0.5) is 17.1 Å². The Bertz CT molecular complexity index is 969. The van der Waals surface area contributed by atoms with Gasteiger partial charge in [-0.1, -0.05) is 27.5 Å². The van der Waals surface area contributed by atoms with Gasteiger partial charge in [-0.2, -0.15) is 0 Å². The molecule has 1 fully saturated rings. The largest absolute Gasteiger partial charge is 0.378 e. The van der Waals surface area contributed by atoms with Crippen molar-refractivity contribution in [2.45, 2.75) is 0 Å². The molecule has 152 valence electrons. The molecule has 1 aliphatic heterocycles. The van der Waals surface area contributed by atoms with Crippen molar-refractivity contribution in [2.75, 3.05) is 36.5 Å². The third-order valence-electron chi connectivity index (χ3n) is 4.18. The van der Waals surface area contributed by atoms with Crippen LogP contribution < -0.4 is 15.5 Å². The highest BCUT2D eigenvalue weighted by molar-refractivity contribution is 9.10. The molecule has 1 amide bonds. The Morgan fingerprint density at radius 2 is 1.97 bits per heavy atom. The molecule has 1 aliphatic rings. The van der Waals surface area contributed by atoms with Crippen LogP contribution in [-0.2, 0) is 4.74 Å². The third kappa shape index (κ3) is 5.41. The van der Waals surface area contributed by atoms with Gasteiger partial charge < -0.3 is 15.0 Å². The second-order valence-electron chi connectivity index (χ2n) is 6.09. The molecular weight excluding hydrogens is 484 g/mol. The molecule has 0 radical (unpaired) electrons. The van der Waals surface area contributed by atoms with Crippen LogP contribution in [0.2, 0.25) is 5.02 Å². The van der Waals surface area contributed by atoms with Crippen molar-refractivity contribution in [3.05, 3.63) is 61.6 Å². The number of hydrogen-bond donors (Lipinski definition) is 2. The van der Waals surface area contributed by atoms with Gasteiger partial charge in [-0.05, 0) is 42.5 Å². The van der Waals surface area contributed by atoms with Crippen LogP contribution >= 0.6 is 39.7 Å². The molecule has 2 aromatic rings. The number of rotatable bonds is 4. The summed E-state index contributed by atoms with van der Waals surface area (Å²) in [6.07, 6.45) is 0. The highest BCUT2D eigenvalue weighted by Gasteiger charge is 2.22. The van der Waals surface area contributed by atoms with Gasteiger partial charge in [0.25, 0.3) is 11.6 Å². The predicted molar refractivity (Wildman–Crippen MR) is 119 cm³/mol. The first-order valence-corrected chi connectivity index (χ1v) is 10.1. The normalized spacial score (nSPS) is 13.7. The van der Waals surface area contributed by atoms with Gasteiger partial charge in [0.15, 0.2) is 5.11 Å². The standard InChI is InChI=1S/C18H16BrClN4O4S/c19-11-1-3-14(20)13(9-11)17(25)22-18(29)21-12-2-4-15(16(10-12)24(26)27)23-5-7-28-8-6-23/h1-4,9-10H,5-8H2,(H2,21,22,25,29). The number of halogens is 2. The van der Waals surface area contributed by atoms with E-state index < -0.39 is 10.8 Å². The Hall–Kier alpha value is -2.27. The van der Waals surface area contributed by atoms with E-state index in [0.29, 0.717) is 42.2 Å². The van der Waals surface area contributed by atoms with Crippen molar-refractivity contribution in [1.29, 1.82) is 0 Å². The zero-order valence-corrected chi connectivity index (χ0v) is 18.1. The average Bonchev–Trinajstić information content (AvgIpc) is 2.70. The Morgan fingerprint density at radius 1 is 1.24 bits per heavy atom. The number of anilines is 2. The monoisotopic (exact) mass is 498 g/mol. The van der Waals surface area contributed by atoms with Gasteiger partial charge in [-0.15, -0.1) is 0 Å². The van der Waals surface area contributed by atoms with E-state index in [0.717, 1.165) is 0 Å². The minimum Gasteiger partial charge on any atom is -0.378 e. The van der Waals surface area contributed by atoms with Gasteiger partial charge in [0.1, 0.15) is 5.69 Å². The Kier molecular flexibility index (Phi) is 7.01. The van der Waals surface area contributed by atoms with Gasteiger partial charge in [-0.3, -0.25) is 20.2 Å². The fourth-order valence-corrected chi connectivity index (χ4v) is 3.60. The van der Waals surface area contributed by atoms with E-state index in [1.54, 1.807) is 30.3 Å². The zero-order chi connectivity index (χ0) is 21.0. The SMILES string of the molecule is O=C(NC(=S)Nc1ccc(N2CCOCC2)c([N+](=O)[O-])c1)c1cc(Br)ccc1Cl. The summed E-state index contributed by atoms with van der Waals surface area (Å²) in [6.45, 7) is 2.20. The molecule has 2 N–H and O–H groups in total. The van der Waals surface area contributed by atoms with Gasteiger partial charge in [0.05, 0.1) is 28.7 Å². The Balaban J connectivity index is 1.73. The quantitative estimate of drug-likeness (QED) is 0.373. The van der Waals surface area contributed by atoms with E-state index in [-0.39, 0.29) is 21.4 Å². The molecule has 1 saturated heterocycles. The number of hydrogen-bond acceptors (Lipinski definition) is 6. The van der Waals surface area contributed by atoms with Gasteiger partial charge in [0, 0.05) is 29.3 Å². The van der Waals surface area contributed by atoms with Crippen molar-refractivity contribution in [3.63, 3.8) is 0 Å². The lowest BCUT2D eigenvalue weighted by molar-refractivity contribution is -0.384. The summed E-state index contributed by atoms with van der Waals surface area (Å²) >= 11 is 14.5. The van der Waals surface area contributed by atoms with Crippen LogP contribution in [-0.4, -0.2) is 42.2 Å². The highest BCUT2D eigenvalue weighted by Crippen LogP contribution is 2.31. The first-order valence-electron chi connectivity index (χ1n) is 8.53. The van der Waals surface area contributed by atoms with Gasteiger partial charge >= 0.3 is 0 Å². The number of benzene rings is 2. The maximum absolute atomic E-state index is 12.4. The lowest BCUT2D eigenvalue weighted by Gasteiger charge is -2.28. The molecule has 1 heterocycles. The van der Waals surface area contributed by atoms with E-state index in [4.69, 9.17) is 28.6 Å². The summed E-state index contributed by atoms with van der Waals surface area (Å²) < 4.78 is 5.99. The fraction of sp³-hybridized carbons (Fsp3) is 0.222. The molecule has 0 atom stereocenters. The zero-order valence-electron chi connectivity index (χ0n) is 15.0. The molecule has 11 heteroatoms. The topological polar surface area (TPSA) is 96.7 Å². The number of nitrogens with zero attached hydrogens (tertiary/aromatic N) is 2. The summed E-state index contributed by atoms with van der Waals surface area (Å²) in [6, 6.07) is 9.58. The fourth-order valence-electron chi connectivity index (χ4n) is 2.82. The maximum atomic E-state index is 12.4. The third-order valence-corrected chi connectivity index (χ3v) is 5.21. The van der Waals surface area contributed by atoms with E-state index in [1.807, 2.05) is 4.90 Å². The van der Waals surface area contributed by atoms with Crippen LogP contribution in [0.1, 0.15) is 10.4 Å². The van der Waals surface area contributed by atoms with E-state index in [2.05, 4.69) is 26.6 Å². The number of carbonyl (C=O) groups is 1. The molecule has 8 nitrogen and oxygen atoms in total. The number of nitrogens with one attached hydrogen (secondary N) is 2.